The molecule has 756 valence electrons. The normalized spacial score (nSPS) is 19.9. The lowest BCUT2D eigenvalue weighted by Crippen LogP contribution is -2.36. The van der Waals surface area contributed by atoms with Gasteiger partial charge in [0.1, 0.15) is 17.3 Å². The van der Waals surface area contributed by atoms with E-state index in [9.17, 15) is 48.3 Å². The van der Waals surface area contributed by atoms with E-state index in [4.69, 9.17) is 0 Å². The first kappa shape index (κ1) is 112. The van der Waals surface area contributed by atoms with E-state index in [0.717, 1.165) is 262 Å². The van der Waals surface area contributed by atoms with Crippen LogP contribution in [0.25, 0.3) is 45.6 Å². The molecule has 0 spiro atoms. The van der Waals surface area contributed by atoms with E-state index in [1.807, 2.05) is 154 Å². The summed E-state index contributed by atoms with van der Waals surface area (Å²) in [5.74, 6) is 8.58. The van der Waals surface area contributed by atoms with Crippen LogP contribution < -0.4 is 19.6 Å². The van der Waals surface area contributed by atoms with Gasteiger partial charge >= 0.3 is 18.5 Å². The highest BCUT2D eigenvalue weighted by Gasteiger charge is 2.47. The summed E-state index contributed by atoms with van der Waals surface area (Å²) < 4.78 is 153. The molecule has 20 rings (SSSR count). The maximum atomic E-state index is 14.3. The molecule has 2 unspecified atom stereocenters. The molecule has 0 bridgehead atoms. The molecular weight excluding hydrogens is 2020 g/mol. The van der Waals surface area contributed by atoms with Crippen molar-refractivity contribution >= 4 is 144 Å². The number of thioether (sulfide) groups is 4. The number of anilines is 4. The predicted molar refractivity (Wildman–Crippen MR) is 552 cm³/mol. The van der Waals surface area contributed by atoms with Crippen LogP contribution in [0.15, 0.2) is 227 Å². The van der Waals surface area contributed by atoms with Crippen molar-refractivity contribution in [2.75, 3.05) is 147 Å². The number of likely N-dealkylation sites (tertiary alicyclic amines) is 4. The summed E-state index contributed by atoms with van der Waals surface area (Å²) in [6.07, 6.45) is -0.879. The number of rotatable bonds is 28. The van der Waals surface area contributed by atoms with E-state index in [0.29, 0.717) is 41.8 Å². The maximum Gasteiger partial charge on any atom is 0.416 e. The average molecular weight is 2140 g/mol. The molecule has 8 fully saturated rings. The number of benzene rings is 7. The smallest absolute Gasteiger partial charge is 0.367 e. The molecule has 8 saturated heterocycles. The molecule has 0 amide bonds. The summed E-state index contributed by atoms with van der Waals surface area (Å²) >= 11 is 6.89. The molecule has 13 heterocycles. The standard InChI is InChI=1S/3C25H28F3N5S.C23H26F2N6S.6ClH/c3*1-31-23(18-6-3-2-4-7-18)29-30-24(31)34-15-5-13-32-16-19-12-14-33(22(19)17-32)21-10-8-20(9-11-21)25(26,27)28;1-29-22(16-5-3-9-26-13-16)27-28-23(29)32-12-4-10-30-14-17-8-11-31(20(17)15-30)21-18(24)6-2-7-19(21)25;;;;;;/h3*2-4,6-11,19,22H,5,12-17H2,1H3;2-3,5-7,9,13,17,20H,4,8,10-12,14-15H2,1H3;6*1H/t3*19-,22+;;;;;;;/m110......./s1. The molecule has 140 heavy (non-hydrogen) atoms. The number of halogens is 17. The van der Waals surface area contributed by atoms with Crippen LogP contribution in [0.1, 0.15) is 68.1 Å². The van der Waals surface area contributed by atoms with Crippen molar-refractivity contribution in [1.29, 1.82) is 0 Å². The number of hydrogen-bond acceptors (Lipinski definition) is 21. The van der Waals surface area contributed by atoms with Gasteiger partial charge in [-0.05, 0) is 198 Å². The van der Waals surface area contributed by atoms with E-state index in [1.165, 1.54) is 54.6 Å². The number of hydrogen-bond donors (Lipinski definition) is 0. The van der Waals surface area contributed by atoms with Gasteiger partial charge in [-0.15, -0.1) is 115 Å². The SMILES string of the molecule is Cl.Cl.Cl.Cl.Cl.Cl.Cn1c(SCCCN2CC3CCN(c4c(F)cccc4F)C3C2)nnc1-c1cccnc1.Cn1c(SCCCN2C[C@@H]3CCN(c4ccc(C(F)(F)F)cc4)[C@@H]3C2)nnc1-c1ccccc1.Cn1c(SCCCN2C[C@H]3CCN(c4ccc(C(F)(F)F)cc4)[C@H]3C2)nnc1-c1ccccc1.Cn1c(SCCCN2C[C@H]3CCN(c4ccc(C(F)(F)F)cc4)[C@H]3C2)nnc1-c1ccccc1. The molecular formula is C98H116Cl6F11N21S4. The molecule has 0 aliphatic carbocycles. The quantitative estimate of drug-likeness (QED) is 0.0258. The molecule has 12 aromatic rings. The number of aromatic nitrogens is 13. The Morgan fingerprint density at radius 3 is 0.814 bits per heavy atom. The Balaban J connectivity index is 0.000000176. The fourth-order valence-electron chi connectivity index (χ4n) is 20.3. The number of para-hydroxylation sites is 1. The highest BCUT2D eigenvalue weighted by molar-refractivity contribution is 7.99. The summed E-state index contributed by atoms with van der Waals surface area (Å²) in [5.41, 5.74) is 5.21. The number of pyridine rings is 1. The zero-order valence-electron chi connectivity index (χ0n) is 77.7. The van der Waals surface area contributed by atoms with Gasteiger partial charge in [0.15, 0.2) is 43.9 Å². The third-order valence-corrected chi connectivity index (χ3v) is 31.5. The second-order valence-corrected chi connectivity index (χ2v) is 39.8. The highest BCUT2D eigenvalue weighted by Crippen LogP contribution is 2.44. The fourth-order valence-corrected chi connectivity index (χ4v) is 23.6. The second-order valence-electron chi connectivity index (χ2n) is 35.6. The van der Waals surface area contributed by atoms with Gasteiger partial charge in [-0.1, -0.05) is 144 Å². The number of nitrogens with zero attached hydrogens (tertiary/aromatic N) is 21. The molecule has 0 saturated carbocycles. The van der Waals surface area contributed by atoms with Crippen molar-refractivity contribution in [2.45, 2.75) is 115 Å². The van der Waals surface area contributed by atoms with Crippen LogP contribution in [-0.4, -0.2) is 236 Å². The van der Waals surface area contributed by atoms with Crippen molar-refractivity contribution < 1.29 is 48.3 Å². The molecule has 8 aliphatic heterocycles. The van der Waals surface area contributed by atoms with Crippen LogP contribution in [0.4, 0.5) is 71.0 Å². The molecule has 0 radical (unpaired) electrons. The minimum atomic E-state index is -4.29. The monoisotopic (exact) mass is 2130 g/mol. The lowest BCUT2D eigenvalue weighted by atomic mass is 10.0. The van der Waals surface area contributed by atoms with E-state index in [-0.39, 0.29) is 86.2 Å². The zero-order chi connectivity index (χ0) is 93.2. The zero-order valence-corrected chi connectivity index (χ0v) is 85.8. The van der Waals surface area contributed by atoms with Crippen molar-refractivity contribution in [2.24, 2.45) is 51.9 Å². The Hall–Kier alpha value is -8.34. The van der Waals surface area contributed by atoms with Gasteiger partial charge in [-0.2, -0.15) is 39.5 Å². The molecule has 7 aromatic carbocycles. The number of alkyl halides is 9. The fraction of sp³-hybridized carbons (Fsp3) is 0.439. The van der Waals surface area contributed by atoms with Gasteiger partial charge in [-0.25, -0.2) is 8.78 Å². The second kappa shape index (κ2) is 50.9. The van der Waals surface area contributed by atoms with E-state index >= 15 is 0 Å². The highest BCUT2D eigenvalue weighted by atomic mass is 35.5. The van der Waals surface area contributed by atoms with Crippen LogP contribution in [0.2, 0.25) is 0 Å². The van der Waals surface area contributed by atoms with Crippen LogP contribution in [0.3, 0.4) is 0 Å². The summed E-state index contributed by atoms with van der Waals surface area (Å²) in [6.45, 7) is 15.5. The summed E-state index contributed by atoms with van der Waals surface area (Å²) in [6, 6.07) is 56.5. The summed E-state index contributed by atoms with van der Waals surface area (Å²) in [5, 5.41) is 38.4. The van der Waals surface area contributed by atoms with Crippen molar-refractivity contribution in [1.82, 2.24) is 83.6 Å². The van der Waals surface area contributed by atoms with E-state index < -0.39 is 46.9 Å². The van der Waals surface area contributed by atoms with Crippen molar-refractivity contribution in [3.8, 4) is 45.6 Å². The van der Waals surface area contributed by atoms with Gasteiger partial charge in [0.25, 0.3) is 0 Å². The van der Waals surface area contributed by atoms with Gasteiger partial charge < -0.3 is 57.5 Å². The van der Waals surface area contributed by atoms with Gasteiger partial charge in [0, 0.05) is 206 Å². The van der Waals surface area contributed by atoms with Crippen LogP contribution >= 0.6 is 121 Å². The lowest BCUT2D eigenvalue weighted by Gasteiger charge is -2.27. The minimum Gasteiger partial charge on any atom is -0.367 e. The third kappa shape index (κ3) is 27.1. The van der Waals surface area contributed by atoms with E-state index in [2.05, 4.69) is 80.1 Å². The predicted octanol–water partition coefficient (Wildman–Crippen LogP) is 22.0. The van der Waals surface area contributed by atoms with E-state index in [1.54, 1.807) is 95.8 Å². The Morgan fingerprint density at radius 1 is 0.293 bits per heavy atom. The van der Waals surface area contributed by atoms with Crippen LogP contribution in [0.5, 0.6) is 0 Å². The molecule has 8 atom stereocenters. The lowest BCUT2D eigenvalue weighted by molar-refractivity contribution is -0.138. The molecule has 21 nitrogen and oxygen atoms in total. The van der Waals surface area contributed by atoms with Crippen molar-refractivity contribution in [3.63, 3.8) is 0 Å². The molecule has 42 heteroatoms. The van der Waals surface area contributed by atoms with Crippen molar-refractivity contribution in [3.05, 3.63) is 235 Å². The average Bonchev–Trinajstić information content (AvgIpc) is 1.64. The molecule has 0 N–H and O–H groups in total. The van der Waals surface area contributed by atoms with Gasteiger partial charge in [-0.3, -0.25) is 4.98 Å². The largest absolute Gasteiger partial charge is 0.416 e. The van der Waals surface area contributed by atoms with Gasteiger partial charge in [0.2, 0.25) is 0 Å². The Labute approximate surface area is 864 Å². The van der Waals surface area contributed by atoms with Crippen LogP contribution in [-0.2, 0) is 46.7 Å². The minimum absolute atomic E-state index is 0. The summed E-state index contributed by atoms with van der Waals surface area (Å²) in [4.78, 5) is 22.9. The first-order valence-corrected chi connectivity index (χ1v) is 49.8. The molecule has 5 aromatic heterocycles. The van der Waals surface area contributed by atoms with Crippen LogP contribution in [0, 0.1) is 35.3 Å². The first-order valence-electron chi connectivity index (χ1n) is 45.9. The summed E-state index contributed by atoms with van der Waals surface area (Å²) in [7, 11) is 7.98. The Bertz CT molecular complexity index is 5380. The van der Waals surface area contributed by atoms with Gasteiger partial charge in [0.05, 0.1) is 16.7 Å². The topological polar surface area (TPSA) is 162 Å². The Kier molecular flexibility index (Phi) is 40.8. The first-order chi connectivity index (χ1) is 64.8. The third-order valence-electron chi connectivity index (χ3n) is 27.1. The maximum absolute atomic E-state index is 14.3. The molecule has 8 aliphatic rings. The Morgan fingerprint density at radius 2 is 0.550 bits per heavy atom. The number of fused-ring (bicyclic) bond motifs is 4.